The summed E-state index contributed by atoms with van der Waals surface area (Å²) >= 11 is 2.54. The van der Waals surface area contributed by atoms with Crippen LogP contribution in [0, 0.1) is 13.8 Å². The number of carbonyl (C=O) groups excluding carboxylic acids is 4. The minimum Gasteiger partial charge on any atom is -0.368 e. The topological polar surface area (TPSA) is 205 Å². The highest BCUT2D eigenvalue weighted by molar-refractivity contribution is 7.15. The van der Waals surface area contributed by atoms with Gasteiger partial charge in [0.2, 0.25) is 23.6 Å². The molecule has 5 aromatic rings. The highest BCUT2D eigenvalue weighted by atomic mass is 32.1. The zero-order valence-electron chi connectivity index (χ0n) is 36.5. The van der Waals surface area contributed by atoms with E-state index in [1.807, 2.05) is 0 Å². The average molecular weight is 949 g/mol. The van der Waals surface area contributed by atoms with Crippen LogP contribution in [-0.4, -0.2) is 95.5 Å². The fraction of sp³-hybridized carbons (Fsp3) is 0.465. The van der Waals surface area contributed by atoms with Crippen molar-refractivity contribution >= 4 is 46.3 Å². The first-order valence-corrected chi connectivity index (χ1v) is 22.1. The molecular weight excluding hydrogens is 899 g/mol. The van der Waals surface area contributed by atoms with Gasteiger partial charge in [0.15, 0.2) is 0 Å². The molecule has 3 amide bonds. The van der Waals surface area contributed by atoms with Crippen molar-refractivity contribution in [1.82, 2.24) is 39.7 Å². The van der Waals surface area contributed by atoms with Gasteiger partial charge in [0.05, 0.1) is 51.4 Å². The molecule has 0 bridgehead atoms. The second-order valence-electron chi connectivity index (χ2n) is 16.6. The van der Waals surface area contributed by atoms with Crippen LogP contribution in [0.1, 0.15) is 91.0 Å². The number of amides is 3. The minimum atomic E-state index is -4.44. The summed E-state index contributed by atoms with van der Waals surface area (Å²) in [6, 6.07) is 5.50. The summed E-state index contributed by atoms with van der Waals surface area (Å²) in [6.45, 7) is 9.32. The van der Waals surface area contributed by atoms with Gasteiger partial charge in [0.25, 0.3) is 0 Å². The first-order chi connectivity index (χ1) is 30.3. The van der Waals surface area contributed by atoms with Crippen LogP contribution in [0.2, 0.25) is 0 Å². The Morgan fingerprint density at radius 1 is 0.738 bits per heavy atom. The van der Waals surface area contributed by atoms with Gasteiger partial charge in [-0.3, -0.25) is 33.7 Å². The van der Waals surface area contributed by atoms with E-state index in [-0.39, 0.29) is 48.0 Å². The lowest BCUT2D eigenvalue weighted by atomic mass is 9.87. The number of pyridine rings is 2. The van der Waals surface area contributed by atoms with Crippen LogP contribution in [0.5, 0.6) is 0 Å². The molecular formula is C43H50F6N10O4S2. The van der Waals surface area contributed by atoms with Crippen molar-refractivity contribution < 1.29 is 45.5 Å². The maximum absolute atomic E-state index is 13.4. The zero-order chi connectivity index (χ0) is 48.1. The van der Waals surface area contributed by atoms with Crippen LogP contribution < -0.4 is 16.8 Å². The quantitative estimate of drug-likeness (QED) is 0.122. The number of halogens is 6. The monoisotopic (exact) mass is 948 g/mol. The van der Waals surface area contributed by atoms with E-state index in [1.165, 1.54) is 69.2 Å². The molecule has 65 heavy (non-hydrogen) atoms. The third-order valence-corrected chi connectivity index (χ3v) is 13.5. The first-order valence-electron chi connectivity index (χ1n) is 20.4. The number of aryl methyl sites for hydroxylation is 2. The van der Waals surface area contributed by atoms with Crippen molar-refractivity contribution in [1.29, 1.82) is 0 Å². The van der Waals surface area contributed by atoms with E-state index < -0.39 is 35.1 Å². The fourth-order valence-corrected chi connectivity index (χ4v) is 8.96. The van der Waals surface area contributed by atoms with Crippen LogP contribution in [-0.2, 0) is 38.1 Å². The molecule has 2 fully saturated rings. The van der Waals surface area contributed by atoms with E-state index in [0.717, 1.165) is 58.4 Å². The molecule has 0 saturated carbocycles. The molecule has 5 N–H and O–H groups in total. The molecule has 0 radical (unpaired) electrons. The predicted octanol–water partition coefficient (Wildman–Crippen LogP) is 7.03. The van der Waals surface area contributed by atoms with Gasteiger partial charge in [-0.2, -0.15) is 26.3 Å². The Kier molecular flexibility index (Phi) is 15.7. The molecule has 350 valence electrons. The fourth-order valence-electron chi connectivity index (χ4n) is 6.86. The highest BCUT2D eigenvalue weighted by Crippen LogP contribution is 2.43. The normalized spacial score (nSPS) is 16.6. The standard InChI is InChI=1S/C20H23F3N4O2S.C18H17F3N4OS.C5H10N2O/c1-11-17(12-6-7-25-14(9-12)19(2,3)20(21,22)23)30-15(26-11)10-16(28)27-8-4-5-13(27)18(24)29;1-11-16(27-14(24-11)9-15(26)25-7-6-22-10-25)12-4-5-23-13(8-12)17(2,3)18(19,20)21;6-5(8)4-2-1-3-7-4/h6-7,9,13H,4-5,8,10H2,1-3H3,(H2,24,29);4-8,10H,9H2,1-3H3;4,7H,1-3H2,(H2,6,8)/t13-;;4-/m0.0/s1. The molecule has 0 aliphatic carbocycles. The summed E-state index contributed by atoms with van der Waals surface area (Å²) < 4.78 is 81.5. The second kappa shape index (κ2) is 20.3. The highest BCUT2D eigenvalue weighted by Gasteiger charge is 2.50. The van der Waals surface area contributed by atoms with Crippen molar-refractivity contribution in [2.75, 3.05) is 13.1 Å². The number of primary amides is 2. The van der Waals surface area contributed by atoms with Crippen LogP contribution in [0.4, 0.5) is 26.3 Å². The number of thiazole rings is 2. The second-order valence-corrected chi connectivity index (χ2v) is 18.7. The Morgan fingerprint density at radius 3 is 1.65 bits per heavy atom. The number of aromatic nitrogens is 6. The molecule has 22 heteroatoms. The number of carbonyl (C=O) groups is 4. The summed E-state index contributed by atoms with van der Waals surface area (Å²) in [4.78, 5) is 70.1. The molecule has 0 unspecified atom stereocenters. The number of imidazole rings is 1. The Morgan fingerprint density at radius 2 is 1.25 bits per heavy atom. The molecule has 7 heterocycles. The van der Waals surface area contributed by atoms with Crippen LogP contribution in [0.25, 0.3) is 20.9 Å². The van der Waals surface area contributed by atoms with Crippen molar-refractivity contribution in [2.45, 2.75) is 115 Å². The Bertz CT molecular complexity index is 2480. The number of nitrogens with zero attached hydrogens (tertiary/aromatic N) is 7. The predicted molar refractivity (Wildman–Crippen MR) is 233 cm³/mol. The summed E-state index contributed by atoms with van der Waals surface area (Å²) in [6.07, 6.45) is 1.71. The minimum absolute atomic E-state index is 0.0152. The van der Waals surface area contributed by atoms with Crippen LogP contribution in [0.3, 0.4) is 0 Å². The van der Waals surface area contributed by atoms with E-state index >= 15 is 0 Å². The first kappa shape index (κ1) is 50.4. The van der Waals surface area contributed by atoms with Gasteiger partial charge in [0, 0.05) is 31.3 Å². The molecule has 2 saturated heterocycles. The van der Waals surface area contributed by atoms with Gasteiger partial charge in [-0.05, 0) is 109 Å². The Balaban J connectivity index is 0.000000209. The van der Waals surface area contributed by atoms with Gasteiger partial charge in [0.1, 0.15) is 33.2 Å². The molecule has 0 spiro atoms. The summed E-state index contributed by atoms with van der Waals surface area (Å²) in [5.41, 5.74) is 8.52. The number of rotatable bonds is 10. The molecule has 5 aromatic heterocycles. The maximum Gasteiger partial charge on any atom is 0.399 e. The SMILES string of the molecule is Cc1nc(CC(=O)N2CCC[C@H]2C(N)=O)sc1-c1ccnc(C(C)(C)C(F)(F)F)c1.Cc1nc(CC(=O)n2ccnc2)sc1-c1ccnc(C(C)(C)C(F)(F)F)c1.NC(=O)[C@@H]1CCCN1. The van der Waals surface area contributed by atoms with Crippen LogP contribution in [0.15, 0.2) is 55.4 Å². The number of hydrogen-bond acceptors (Lipinski definition) is 12. The molecule has 0 aromatic carbocycles. The van der Waals surface area contributed by atoms with E-state index in [9.17, 15) is 45.5 Å². The van der Waals surface area contributed by atoms with Crippen LogP contribution >= 0.6 is 22.7 Å². The number of nitrogens with two attached hydrogens (primary N) is 2. The lowest BCUT2D eigenvalue weighted by Crippen LogP contribution is -2.44. The number of alkyl halides is 6. The Hall–Kier alpha value is -5.61. The van der Waals surface area contributed by atoms with Gasteiger partial charge < -0.3 is 21.7 Å². The molecule has 2 aliphatic rings. The van der Waals surface area contributed by atoms with Crippen molar-refractivity contribution in [3.63, 3.8) is 0 Å². The third kappa shape index (κ3) is 12.0. The van der Waals surface area contributed by atoms with Crippen molar-refractivity contribution in [3.8, 4) is 20.9 Å². The lowest BCUT2D eigenvalue weighted by molar-refractivity contribution is -0.181. The zero-order valence-corrected chi connectivity index (χ0v) is 38.1. The summed E-state index contributed by atoms with van der Waals surface area (Å²) in [5, 5.41) is 4.11. The van der Waals surface area contributed by atoms with Crippen molar-refractivity contribution in [2.24, 2.45) is 11.5 Å². The Labute approximate surface area is 379 Å². The maximum atomic E-state index is 13.4. The molecule has 2 atom stereocenters. The van der Waals surface area contributed by atoms with E-state index in [4.69, 9.17) is 11.5 Å². The largest absolute Gasteiger partial charge is 0.399 e. The van der Waals surface area contributed by atoms with Gasteiger partial charge in [-0.1, -0.05) is 0 Å². The smallest absolute Gasteiger partial charge is 0.368 e. The molecule has 2 aliphatic heterocycles. The van der Waals surface area contributed by atoms with E-state index in [1.54, 1.807) is 32.2 Å². The molecule has 14 nitrogen and oxygen atoms in total. The van der Waals surface area contributed by atoms with Gasteiger partial charge >= 0.3 is 12.4 Å². The number of hydrogen-bond donors (Lipinski definition) is 3. The van der Waals surface area contributed by atoms with Gasteiger partial charge in [-0.25, -0.2) is 15.0 Å². The average Bonchev–Trinajstić information content (AvgIpc) is 4.09. The summed E-state index contributed by atoms with van der Waals surface area (Å²) in [5.74, 6) is -1.15. The lowest BCUT2D eigenvalue weighted by Gasteiger charge is -2.27. The summed E-state index contributed by atoms with van der Waals surface area (Å²) in [7, 11) is 0. The number of nitrogens with one attached hydrogen (secondary N) is 1. The van der Waals surface area contributed by atoms with E-state index in [0.29, 0.717) is 50.4 Å². The van der Waals surface area contributed by atoms with E-state index in [2.05, 4.69) is 30.2 Å². The third-order valence-electron chi connectivity index (χ3n) is 11.1. The van der Waals surface area contributed by atoms with Gasteiger partial charge in [-0.15, -0.1) is 22.7 Å². The number of likely N-dealkylation sites (tertiary alicyclic amines) is 1. The molecule has 7 rings (SSSR count). The van der Waals surface area contributed by atoms with Crippen molar-refractivity contribution in [3.05, 3.63) is 88.2 Å².